The summed E-state index contributed by atoms with van der Waals surface area (Å²) in [5, 5.41) is 10.3. The minimum atomic E-state index is -0.468. The second kappa shape index (κ2) is 8.12. The number of hydrogen-bond donors (Lipinski definition) is 1. The van der Waals surface area contributed by atoms with E-state index in [1.807, 2.05) is 19.2 Å². The number of methoxy groups -OCH3 is 1. The van der Waals surface area contributed by atoms with Crippen LogP contribution in [-0.2, 0) is 11.3 Å². The molecule has 0 saturated heterocycles. The Labute approximate surface area is 157 Å². The van der Waals surface area contributed by atoms with Crippen molar-refractivity contribution >= 4 is 0 Å². The maximum atomic E-state index is 10.3. The van der Waals surface area contributed by atoms with E-state index in [1.165, 1.54) is 24.0 Å². The van der Waals surface area contributed by atoms with Crippen LogP contribution in [0.3, 0.4) is 0 Å². The SMILES string of the molecule is COc1ccc(CN(C)CC(O)COCC2=CCC3CC2C3(C)C)cc1. The van der Waals surface area contributed by atoms with Gasteiger partial charge in [0.25, 0.3) is 0 Å². The Morgan fingerprint density at radius 3 is 2.62 bits per heavy atom. The molecule has 1 fully saturated rings. The smallest absolute Gasteiger partial charge is 0.118 e. The van der Waals surface area contributed by atoms with Crippen molar-refractivity contribution in [1.82, 2.24) is 4.90 Å². The lowest BCUT2D eigenvalue weighted by Gasteiger charge is -2.56. The van der Waals surface area contributed by atoms with Crippen molar-refractivity contribution in [1.29, 1.82) is 0 Å². The summed E-state index contributed by atoms with van der Waals surface area (Å²) < 4.78 is 11.0. The summed E-state index contributed by atoms with van der Waals surface area (Å²) in [7, 11) is 3.69. The molecule has 3 aliphatic rings. The van der Waals surface area contributed by atoms with Crippen LogP contribution in [0.2, 0.25) is 0 Å². The maximum Gasteiger partial charge on any atom is 0.118 e. The summed E-state index contributed by atoms with van der Waals surface area (Å²) in [4.78, 5) is 2.12. The third kappa shape index (κ3) is 4.30. The fourth-order valence-electron chi connectivity index (χ4n) is 4.47. The monoisotopic (exact) mass is 359 g/mol. The molecular formula is C22H33NO3. The average molecular weight is 360 g/mol. The van der Waals surface area contributed by atoms with Crippen LogP contribution in [0, 0.1) is 17.3 Å². The molecule has 0 aliphatic heterocycles. The molecule has 3 aliphatic carbocycles. The summed E-state index contributed by atoms with van der Waals surface area (Å²) >= 11 is 0. The first-order valence-electron chi connectivity index (χ1n) is 9.66. The maximum absolute atomic E-state index is 10.3. The predicted molar refractivity (Wildman–Crippen MR) is 104 cm³/mol. The highest BCUT2D eigenvalue weighted by atomic mass is 16.5. The molecule has 1 aromatic rings. The minimum Gasteiger partial charge on any atom is -0.497 e. The second-order valence-corrected chi connectivity index (χ2v) is 8.54. The number of aliphatic hydroxyl groups excluding tert-OH is 1. The van der Waals surface area contributed by atoms with Crippen LogP contribution in [0.15, 0.2) is 35.9 Å². The first kappa shape index (κ1) is 19.4. The highest BCUT2D eigenvalue weighted by Crippen LogP contribution is 2.59. The third-order valence-corrected chi connectivity index (χ3v) is 6.30. The lowest BCUT2D eigenvalue weighted by atomic mass is 9.49. The van der Waals surface area contributed by atoms with Gasteiger partial charge in [0, 0.05) is 13.1 Å². The zero-order chi connectivity index (χ0) is 18.7. The van der Waals surface area contributed by atoms with E-state index < -0.39 is 6.10 Å². The molecule has 0 aromatic heterocycles. The Kier molecular flexibility index (Phi) is 6.06. The van der Waals surface area contributed by atoms with Crippen molar-refractivity contribution in [3.8, 4) is 5.75 Å². The van der Waals surface area contributed by atoms with Crippen LogP contribution in [0.4, 0.5) is 0 Å². The number of likely N-dealkylation sites (N-methyl/N-ethyl adjacent to an activating group) is 1. The predicted octanol–water partition coefficient (Wildman–Crippen LogP) is 3.50. The van der Waals surface area contributed by atoms with E-state index in [1.54, 1.807) is 7.11 Å². The third-order valence-electron chi connectivity index (χ3n) is 6.30. The van der Waals surface area contributed by atoms with Gasteiger partial charge in [-0.05, 0) is 60.4 Å². The molecule has 0 radical (unpaired) electrons. The fourth-order valence-corrected chi connectivity index (χ4v) is 4.47. The van der Waals surface area contributed by atoms with Gasteiger partial charge in [0.1, 0.15) is 5.75 Å². The number of fused-ring (bicyclic) bond motifs is 1. The van der Waals surface area contributed by atoms with Crippen LogP contribution >= 0.6 is 0 Å². The van der Waals surface area contributed by atoms with Crippen molar-refractivity contribution in [3.05, 3.63) is 41.5 Å². The normalized spacial score (nSPS) is 24.8. The lowest BCUT2D eigenvalue weighted by Crippen LogP contribution is -2.48. The largest absolute Gasteiger partial charge is 0.497 e. The van der Waals surface area contributed by atoms with Crippen molar-refractivity contribution in [3.63, 3.8) is 0 Å². The molecule has 0 heterocycles. The Morgan fingerprint density at radius 2 is 2.00 bits per heavy atom. The van der Waals surface area contributed by atoms with Crippen molar-refractivity contribution in [2.24, 2.45) is 17.3 Å². The van der Waals surface area contributed by atoms with Crippen LogP contribution in [0.5, 0.6) is 5.75 Å². The molecule has 144 valence electrons. The molecule has 1 N–H and O–H groups in total. The van der Waals surface area contributed by atoms with E-state index in [9.17, 15) is 5.11 Å². The Hall–Kier alpha value is -1.36. The van der Waals surface area contributed by atoms with Crippen LogP contribution in [0.25, 0.3) is 0 Å². The number of benzene rings is 1. The van der Waals surface area contributed by atoms with Crippen molar-refractivity contribution in [2.45, 2.75) is 39.3 Å². The molecule has 4 rings (SSSR count). The first-order valence-corrected chi connectivity index (χ1v) is 9.66. The molecule has 4 nitrogen and oxygen atoms in total. The van der Waals surface area contributed by atoms with Gasteiger partial charge in [0.15, 0.2) is 0 Å². The number of aliphatic hydroxyl groups is 1. The molecule has 1 saturated carbocycles. The van der Waals surface area contributed by atoms with E-state index in [0.717, 1.165) is 18.2 Å². The van der Waals surface area contributed by atoms with Gasteiger partial charge in [0.2, 0.25) is 0 Å². The highest BCUT2D eigenvalue weighted by Gasteiger charge is 2.50. The minimum absolute atomic E-state index is 0.390. The van der Waals surface area contributed by atoms with Gasteiger partial charge in [-0.15, -0.1) is 0 Å². The molecule has 0 amide bonds. The van der Waals surface area contributed by atoms with E-state index in [-0.39, 0.29) is 0 Å². The van der Waals surface area contributed by atoms with Gasteiger partial charge in [0.05, 0.1) is 26.4 Å². The molecule has 26 heavy (non-hydrogen) atoms. The van der Waals surface area contributed by atoms with Gasteiger partial charge >= 0.3 is 0 Å². The number of nitrogens with zero attached hydrogens (tertiary/aromatic N) is 1. The van der Waals surface area contributed by atoms with E-state index >= 15 is 0 Å². The number of allylic oxidation sites excluding steroid dienone is 1. The zero-order valence-corrected chi connectivity index (χ0v) is 16.6. The van der Waals surface area contributed by atoms with Gasteiger partial charge in [-0.1, -0.05) is 32.1 Å². The van der Waals surface area contributed by atoms with Crippen LogP contribution in [-0.4, -0.2) is 50.0 Å². The summed E-state index contributed by atoms with van der Waals surface area (Å²) in [5.74, 6) is 2.40. The number of hydrogen-bond acceptors (Lipinski definition) is 4. The number of ether oxygens (including phenoxy) is 2. The van der Waals surface area contributed by atoms with E-state index in [4.69, 9.17) is 9.47 Å². The summed E-state index contributed by atoms with van der Waals surface area (Å²) in [5.41, 5.74) is 3.08. The van der Waals surface area contributed by atoms with E-state index in [2.05, 4.69) is 37.0 Å². The van der Waals surface area contributed by atoms with Crippen molar-refractivity contribution < 1.29 is 14.6 Å². The molecule has 4 heteroatoms. The Balaban J connectivity index is 1.37. The Morgan fingerprint density at radius 1 is 1.27 bits per heavy atom. The van der Waals surface area contributed by atoms with Gasteiger partial charge in [-0.25, -0.2) is 0 Å². The molecular weight excluding hydrogens is 326 g/mol. The molecule has 2 bridgehead atoms. The van der Waals surface area contributed by atoms with E-state index in [0.29, 0.717) is 31.1 Å². The summed E-state index contributed by atoms with van der Waals surface area (Å²) in [6, 6.07) is 8.04. The average Bonchev–Trinajstić information content (AvgIpc) is 2.62. The van der Waals surface area contributed by atoms with Gasteiger partial charge in [-0.3, -0.25) is 4.90 Å². The fraction of sp³-hybridized carbons (Fsp3) is 0.636. The van der Waals surface area contributed by atoms with Gasteiger partial charge in [-0.2, -0.15) is 0 Å². The van der Waals surface area contributed by atoms with Crippen LogP contribution in [0.1, 0.15) is 32.3 Å². The summed E-state index contributed by atoms with van der Waals surface area (Å²) in [6.07, 6.45) is 4.40. The van der Waals surface area contributed by atoms with Crippen LogP contribution < -0.4 is 4.74 Å². The standard InChI is InChI=1S/C22H33NO3/c1-22(2)18-8-7-17(21(22)11-18)14-26-15-19(24)13-23(3)12-16-5-9-20(25-4)10-6-16/h5-7,9-10,18-19,21,24H,8,11-15H2,1-4H3. The summed E-state index contributed by atoms with van der Waals surface area (Å²) in [6.45, 7) is 7.20. The zero-order valence-electron chi connectivity index (χ0n) is 16.6. The quantitative estimate of drug-likeness (QED) is 0.685. The molecule has 3 atom stereocenters. The second-order valence-electron chi connectivity index (χ2n) is 8.54. The molecule has 3 unspecified atom stereocenters. The first-order chi connectivity index (χ1) is 12.4. The van der Waals surface area contributed by atoms with Gasteiger partial charge < -0.3 is 14.6 Å². The molecule has 0 spiro atoms. The topological polar surface area (TPSA) is 41.9 Å². The highest BCUT2D eigenvalue weighted by molar-refractivity contribution is 5.27. The lowest BCUT2D eigenvalue weighted by molar-refractivity contribution is -0.0257. The Bertz CT molecular complexity index is 623. The van der Waals surface area contributed by atoms with Crippen molar-refractivity contribution in [2.75, 3.05) is 33.9 Å². The number of rotatable bonds is 9. The molecule has 1 aromatic carbocycles.